The standard InChI is InChI=1S/C19H27N3O3/c1-22(11-16-3-2-4-25-16)12-17(23)20-18(24)21-19-8-13-5-14(9-19)7-15(6-13)10-19/h2-4,13-15H,5-12H2,1H3,(H2,20,21,23,24)/p+1. The Bertz CT molecular complexity index is 605. The Hall–Kier alpha value is -1.82. The molecule has 1 aromatic rings. The molecule has 6 nitrogen and oxygen atoms in total. The zero-order valence-electron chi connectivity index (χ0n) is 14.8. The summed E-state index contributed by atoms with van der Waals surface area (Å²) in [7, 11) is 1.92. The van der Waals surface area contributed by atoms with E-state index in [-0.39, 0.29) is 24.0 Å². The molecule has 3 N–H and O–H groups in total. The molecule has 1 aromatic heterocycles. The molecule has 25 heavy (non-hydrogen) atoms. The van der Waals surface area contributed by atoms with Crippen molar-refractivity contribution in [2.45, 2.75) is 50.6 Å². The van der Waals surface area contributed by atoms with E-state index in [1.165, 1.54) is 19.3 Å². The molecule has 6 heteroatoms. The van der Waals surface area contributed by atoms with Crippen molar-refractivity contribution in [3.63, 3.8) is 0 Å². The van der Waals surface area contributed by atoms with Gasteiger partial charge in [0, 0.05) is 5.54 Å². The summed E-state index contributed by atoms with van der Waals surface area (Å²) in [4.78, 5) is 25.5. The number of carbonyl (C=O) groups excluding carboxylic acids is 2. The Morgan fingerprint density at radius 2 is 1.84 bits per heavy atom. The molecular weight excluding hydrogens is 318 g/mol. The SMILES string of the molecule is C[NH+](CC(=O)NC(=O)NC12CC3CC(CC(C3)C1)C2)Cc1ccco1. The van der Waals surface area contributed by atoms with E-state index in [1.54, 1.807) is 6.26 Å². The molecule has 4 aliphatic carbocycles. The van der Waals surface area contributed by atoms with Crippen LogP contribution in [0, 0.1) is 17.8 Å². The minimum Gasteiger partial charge on any atom is -0.463 e. The number of likely N-dealkylation sites (N-methyl/N-ethyl adjacent to an activating group) is 1. The van der Waals surface area contributed by atoms with E-state index in [0.717, 1.165) is 47.7 Å². The van der Waals surface area contributed by atoms with Gasteiger partial charge in [-0.05, 0) is 68.4 Å². The molecular formula is C19H28N3O3+. The van der Waals surface area contributed by atoms with Crippen molar-refractivity contribution in [3.8, 4) is 0 Å². The second kappa shape index (κ2) is 6.48. The van der Waals surface area contributed by atoms with Gasteiger partial charge in [-0.2, -0.15) is 0 Å². The van der Waals surface area contributed by atoms with Crippen LogP contribution in [0.3, 0.4) is 0 Å². The third-order valence-electron chi connectivity index (χ3n) is 6.19. The van der Waals surface area contributed by atoms with Gasteiger partial charge in [0.25, 0.3) is 5.91 Å². The topological polar surface area (TPSA) is 75.8 Å². The molecule has 1 atom stereocenters. The smallest absolute Gasteiger partial charge is 0.322 e. The van der Waals surface area contributed by atoms with Gasteiger partial charge in [-0.3, -0.25) is 10.1 Å². The van der Waals surface area contributed by atoms with Crippen molar-refractivity contribution in [3.05, 3.63) is 24.2 Å². The second-order valence-corrected chi connectivity index (χ2v) is 8.59. The molecule has 4 fully saturated rings. The Morgan fingerprint density at radius 3 is 2.40 bits per heavy atom. The third-order valence-corrected chi connectivity index (χ3v) is 6.19. The highest BCUT2D eigenvalue weighted by Gasteiger charge is 2.51. The number of amides is 3. The zero-order valence-corrected chi connectivity index (χ0v) is 14.8. The first-order valence-electron chi connectivity index (χ1n) is 9.45. The van der Waals surface area contributed by atoms with Gasteiger partial charge in [0.2, 0.25) is 0 Å². The summed E-state index contributed by atoms with van der Waals surface area (Å²) in [5.74, 6) is 2.90. The number of rotatable bonds is 5. The minimum atomic E-state index is -0.322. The van der Waals surface area contributed by atoms with Crippen LogP contribution in [0.1, 0.15) is 44.3 Å². The number of carbonyl (C=O) groups is 2. The quantitative estimate of drug-likeness (QED) is 0.747. The summed E-state index contributed by atoms with van der Waals surface area (Å²) < 4.78 is 5.29. The summed E-state index contributed by atoms with van der Waals surface area (Å²) in [6.07, 6.45) is 8.90. The average Bonchev–Trinajstić information content (AvgIpc) is 2.97. The fourth-order valence-corrected chi connectivity index (χ4v) is 5.75. The molecule has 4 aliphatic rings. The maximum Gasteiger partial charge on any atom is 0.322 e. The van der Waals surface area contributed by atoms with Crippen molar-refractivity contribution in [1.82, 2.24) is 10.6 Å². The van der Waals surface area contributed by atoms with Crippen molar-refractivity contribution in [1.29, 1.82) is 0 Å². The number of urea groups is 1. The van der Waals surface area contributed by atoms with Crippen LogP contribution >= 0.6 is 0 Å². The Kier molecular flexibility index (Phi) is 4.31. The van der Waals surface area contributed by atoms with Gasteiger partial charge in [0.15, 0.2) is 12.3 Å². The summed E-state index contributed by atoms with van der Waals surface area (Å²) >= 11 is 0. The van der Waals surface area contributed by atoms with Crippen LogP contribution in [0.25, 0.3) is 0 Å². The molecule has 136 valence electrons. The monoisotopic (exact) mass is 346 g/mol. The average molecular weight is 346 g/mol. The first kappa shape index (κ1) is 16.6. The Labute approximate surface area is 148 Å². The van der Waals surface area contributed by atoms with Gasteiger partial charge in [0.1, 0.15) is 6.54 Å². The predicted octanol–water partition coefficient (Wildman–Crippen LogP) is 1.09. The molecule has 0 radical (unpaired) electrons. The Balaban J connectivity index is 1.26. The summed E-state index contributed by atoms with van der Waals surface area (Å²) in [5.41, 5.74) is -0.0635. The molecule has 3 amide bonds. The molecule has 1 heterocycles. The predicted molar refractivity (Wildman–Crippen MR) is 91.7 cm³/mol. The number of imide groups is 1. The van der Waals surface area contributed by atoms with E-state index in [2.05, 4.69) is 10.6 Å². The van der Waals surface area contributed by atoms with Gasteiger partial charge < -0.3 is 14.6 Å². The van der Waals surface area contributed by atoms with Crippen LogP contribution in [0.4, 0.5) is 4.79 Å². The van der Waals surface area contributed by atoms with Crippen LogP contribution in [0.15, 0.2) is 22.8 Å². The van der Waals surface area contributed by atoms with Crippen LogP contribution in [0.2, 0.25) is 0 Å². The van der Waals surface area contributed by atoms with Crippen LogP contribution in [-0.2, 0) is 11.3 Å². The number of quaternary nitrogens is 1. The first-order chi connectivity index (χ1) is 12.0. The van der Waals surface area contributed by atoms with Crippen molar-refractivity contribution in [2.24, 2.45) is 17.8 Å². The Morgan fingerprint density at radius 1 is 1.20 bits per heavy atom. The zero-order chi connectivity index (χ0) is 17.4. The number of nitrogens with one attached hydrogen (secondary N) is 3. The highest BCUT2D eigenvalue weighted by molar-refractivity contribution is 5.95. The summed E-state index contributed by atoms with van der Waals surface area (Å²) in [6, 6.07) is 3.40. The van der Waals surface area contributed by atoms with E-state index in [0.29, 0.717) is 6.54 Å². The van der Waals surface area contributed by atoms with Gasteiger partial charge in [-0.25, -0.2) is 4.79 Å². The van der Waals surface area contributed by atoms with Gasteiger partial charge in [-0.1, -0.05) is 0 Å². The molecule has 0 saturated heterocycles. The van der Waals surface area contributed by atoms with Crippen molar-refractivity contribution >= 4 is 11.9 Å². The molecule has 0 aromatic carbocycles. The summed E-state index contributed by atoms with van der Waals surface area (Å²) in [5, 5.41) is 5.70. The highest BCUT2D eigenvalue weighted by atomic mass is 16.3. The number of hydrogen-bond acceptors (Lipinski definition) is 3. The van der Waals surface area contributed by atoms with E-state index in [9.17, 15) is 9.59 Å². The fourth-order valence-electron chi connectivity index (χ4n) is 5.75. The minimum absolute atomic E-state index is 0.0635. The van der Waals surface area contributed by atoms with Crippen LogP contribution in [0.5, 0.6) is 0 Å². The van der Waals surface area contributed by atoms with E-state index in [1.807, 2.05) is 19.2 Å². The fraction of sp³-hybridized carbons (Fsp3) is 0.684. The van der Waals surface area contributed by atoms with Crippen molar-refractivity contribution in [2.75, 3.05) is 13.6 Å². The molecule has 4 saturated carbocycles. The lowest BCUT2D eigenvalue weighted by atomic mass is 9.53. The molecule has 1 unspecified atom stereocenters. The molecule has 0 aliphatic heterocycles. The molecule has 5 rings (SSSR count). The van der Waals surface area contributed by atoms with Crippen LogP contribution in [-0.4, -0.2) is 31.1 Å². The van der Waals surface area contributed by atoms with E-state index in [4.69, 9.17) is 4.42 Å². The summed E-state index contributed by atoms with van der Waals surface area (Å²) in [6.45, 7) is 0.867. The van der Waals surface area contributed by atoms with Gasteiger partial charge >= 0.3 is 6.03 Å². The van der Waals surface area contributed by atoms with Crippen LogP contribution < -0.4 is 15.5 Å². The largest absolute Gasteiger partial charge is 0.463 e. The lowest BCUT2D eigenvalue weighted by Crippen LogP contribution is -3.09. The lowest BCUT2D eigenvalue weighted by molar-refractivity contribution is -0.886. The van der Waals surface area contributed by atoms with Gasteiger partial charge in [0.05, 0.1) is 13.3 Å². The molecule has 0 spiro atoms. The maximum absolute atomic E-state index is 12.4. The first-order valence-corrected chi connectivity index (χ1v) is 9.45. The third kappa shape index (κ3) is 3.73. The van der Waals surface area contributed by atoms with Crippen molar-refractivity contribution < 1.29 is 18.9 Å². The second-order valence-electron chi connectivity index (χ2n) is 8.59. The highest BCUT2D eigenvalue weighted by Crippen LogP contribution is 2.55. The number of furan rings is 1. The lowest BCUT2D eigenvalue weighted by Gasteiger charge is -2.56. The van der Waals surface area contributed by atoms with Gasteiger partial charge in [-0.15, -0.1) is 0 Å². The number of hydrogen-bond donors (Lipinski definition) is 3. The maximum atomic E-state index is 12.4. The van der Waals surface area contributed by atoms with E-state index >= 15 is 0 Å². The molecule has 4 bridgehead atoms. The normalized spacial score (nSPS) is 33.9. The van der Waals surface area contributed by atoms with E-state index < -0.39 is 0 Å².